The van der Waals surface area contributed by atoms with Gasteiger partial charge in [-0.05, 0) is 32.1 Å². The molecular weight excluding hydrogens is 216 g/mol. The van der Waals surface area contributed by atoms with Crippen molar-refractivity contribution < 1.29 is 9.53 Å². The smallest absolute Gasteiger partial charge is 0.228 e. The Morgan fingerprint density at radius 1 is 1.47 bits per heavy atom. The van der Waals surface area contributed by atoms with Gasteiger partial charge in [0.05, 0.1) is 18.7 Å². The average Bonchev–Trinajstić information content (AvgIpc) is 2.77. The molecule has 0 aromatic heterocycles. The topological polar surface area (TPSA) is 41.6 Å². The van der Waals surface area contributed by atoms with E-state index in [4.69, 9.17) is 4.74 Å². The lowest BCUT2D eigenvalue weighted by Gasteiger charge is -2.13. The van der Waals surface area contributed by atoms with Crippen molar-refractivity contribution in [3.05, 3.63) is 24.3 Å². The summed E-state index contributed by atoms with van der Waals surface area (Å²) >= 11 is 0. The molecule has 1 heterocycles. The minimum atomic E-state index is 0.0823. The van der Waals surface area contributed by atoms with Crippen molar-refractivity contribution in [3.63, 3.8) is 0 Å². The summed E-state index contributed by atoms with van der Waals surface area (Å²) in [4.78, 5) is 14.2. The van der Waals surface area contributed by atoms with Crippen LogP contribution in [0.2, 0.25) is 0 Å². The number of nitrogens with one attached hydrogen (secondary N) is 1. The van der Waals surface area contributed by atoms with Crippen LogP contribution in [0.5, 0.6) is 5.75 Å². The average molecular weight is 234 g/mol. The normalized spacial score (nSPS) is 20.2. The summed E-state index contributed by atoms with van der Waals surface area (Å²) < 4.78 is 5.20. The van der Waals surface area contributed by atoms with Gasteiger partial charge in [-0.25, -0.2) is 0 Å². The molecule has 1 atom stereocenters. The van der Waals surface area contributed by atoms with Crippen LogP contribution in [0.1, 0.15) is 6.42 Å². The van der Waals surface area contributed by atoms with E-state index in [0.717, 1.165) is 25.2 Å². The quantitative estimate of drug-likeness (QED) is 0.863. The van der Waals surface area contributed by atoms with Crippen LogP contribution in [0.15, 0.2) is 24.3 Å². The molecule has 4 heteroatoms. The maximum Gasteiger partial charge on any atom is 0.228 e. The SMILES string of the molecule is COc1ccccc1NC(=O)C1CCN(C)C1. The van der Waals surface area contributed by atoms with E-state index in [0.29, 0.717) is 5.75 Å². The molecule has 0 saturated carbocycles. The lowest BCUT2D eigenvalue weighted by Crippen LogP contribution is -2.25. The number of hydrogen-bond acceptors (Lipinski definition) is 3. The molecule has 1 fully saturated rings. The van der Waals surface area contributed by atoms with E-state index >= 15 is 0 Å². The van der Waals surface area contributed by atoms with Gasteiger partial charge < -0.3 is 15.0 Å². The fraction of sp³-hybridized carbons (Fsp3) is 0.462. The highest BCUT2D eigenvalue weighted by molar-refractivity contribution is 5.94. The first-order valence-electron chi connectivity index (χ1n) is 5.83. The molecule has 1 unspecified atom stereocenters. The fourth-order valence-electron chi connectivity index (χ4n) is 2.13. The minimum Gasteiger partial charge on any atom is -0.495 e. The van der Waals surface area contributed by atoms with Gasteiger partial charge in [0.15, 0.2) is 0 Å². The highest BCUT2D eigenvalue weighted by Gasteiger charge is 2.26. The van der Waals surface area contributed by atoms with Crippen LogP contribution < -0.4 is 10.1 Å². The molecular formula is C13H18N2O2. The standard InChI is InChI=1S/C13H18N2O2/c1-15-8-7-10(9-15)13(16)14-11-5-3-4-6-12(11)17-2/h3-6,10H,7-9H2,1-2H3,(H,14,16). The third-order valence-electron chi connectivity index (χ3n) is 3.13. The highest BCUT2D eigenvalue weighted by atomic mass is 16.5. The number of ether oxygens (including phenoxy) is 1. The first-order chi connectivity index (χ1) is 8.20. The second kappa shape index (κ2) is 5.19. The Kier molecular flexibility index (Phi) is 3.64. The number of anilines is 1. The van der Waals surface area contributed by atoms with Crippen molar-refractivity contribution in [2.45, 2.75) is 6.42 Å². The molecule has 17 heavy (non-hydrogen) atoms. The number of amides is 1. The summed E-state index contributed by atoms with van der Waals surface area (Å²) in [7, 11) is 3.64. The zero-order valence-corrected chi connectivity index (χ0v) is 10.3. The van der Waals surface area contributed by atoms with Crippen molar-refractivity contribution >= 4 is 11.6 Å². The first-order valence-corrected chi connectivity index (χ1v) is 5.83. The number of rotatable bonds is 3. The third kappa shape index (κ3) is 2.77. The minimum absolute atomic E-state index is 0.0823. The van der Waals surface area contributed by atoms with Gasteiger partial charge in [-0.2, -0.15) is 0 Å². The van der Waals surface area contributed by atoms with Crippen LogP contribution in [-0.4, -0.2) is 38.1 Å². The Labute approximate surface area is 102 Å². The summed E-state index contributed by atoms with van der Waals surface area (Å²) in [6.45, 7) is 1.82. The third-order valence-corrected chi connectivity index (χ3v) is 3.13. The molecule has 92 valence electrons. The van der Waals surface area contributed by atoms with Crippen molar-refractivity contribution in [2.75, 3.05) is 32.6 Å². The molecule has 0 bridgehead atoms. The second-order valence-electron chi connectivity index (χ2n) is 4.44. The zero-order valence-electron chi connectivity index (χ0n) is 10.3. The summed E-state index contributed by atoms with van der Waals surface area (Å²) in [6, 6.07) is 7.47. The van der Waals surface area contributed by atoms with E-state index in [9.17, 15) is 4.79 Å². The number of likely N-dealkylation sites (tertiary alicyclic amines) is 1. The number of carbonyl (C=O) groups excluding carboxylic acids is 1. The van der Waals surface area contributed by atoms with E-state index < -0.39 is 0 Å². The highest BCUT2D eigenvalue weighted by Crippen LogP contribution is 2.25. The fourth-order valence-corrected chi connectivity index (χ4v) is 2.13. The van der Waals surface area contributed by atoms with Gasteiger partial charge in [0.1, 0.15) is 5.75 Å². The molecule has 1 amide bonds. The number of carbonyl (C=O) groups is 1. The Morgan fingerprint density at radius 3 is 2.88 bits per heavy atom. The maximum atomic E-state index is 12.0. The first kappa shape index (κ1) is 11.9. The lowest BCUT2D eigenvalue weighted by atomic mass is 10.1. The Balaban J connectivity index is 2.03. The molecule has 1 saturated heterocycles. The predicted molar refractivity (Wildman–Crippen MR) is 67.2 cm³/mol. The number of hydrogen-bond donors (Lipinski definition) is 1. The summed E-state index contributed by atoms with van der Waals surface area (Å²) in [5.74, 6) is 0.871. The van der Waals surface area contributed by atoms with E-state index in [1.54, 1.807) is 7.11 Å². The van der Waals surface area contributed by atoms with Crippen molar-refractivity contribution in [1.82, 2.24) is 4.90 Å². The van der Waals surface area contributed by atoms with Crippen molar-refractivity contribution in [1.29, 1.82) is 0 Å². The van der Waals surface area contributed by atoms with Crippen LogP contribution in [-0.2, 0) is 4.79 Å². The van der Waals surface area contributed by atoms with Gasteiger partial charge in [-0.1, -0.05) is 12.1 Å². The predicted octanol–water partition coefficient (Wildman–Crippen LogP) is 1.59. The molecule has 0 radical (unpaired) electrons. The molecule has 4 nitrogen and oxygen atoms in total. The van der Waals surface area contributed by atoms with Crippen LogP contribution >= 0.6 is 0 Å². The Bertz CT molecular complexity index is 406. The van der Waals surface area contributed by atoms with Crippen LogP contribution in [0, 0.1) is 5.92 Å². The molecule has 1 aromatic carbocycles. The molecule has 1 aromatic rings. The van der Waals surface area contributed by atoms with Gasteiger partial charge in [0.25, 0.3) is 0 Å². The number of benzene rings is 1. The van der Waals surface area contributed by atoms with E-state index in [1.807, 2.05) is 31.3 Å². The van der Waals surface area contributed by atoms with Gasteiger partial charge in [0, 0.05) is 6.54 Å². The van der Waals surface area contributed by atoms with E-state index in [1.165, 1.54) is 0 Å². The molecule has 2 rings (SSSR count). The van der Waals surface area contributed by atoms with Gasteiger partial charge in [-0.3, -0.25) is 4.79 Å². The van der Waals surface area contributed by atoms with Gasteiger partial charge >= 0.3 is 0 Å². The van der Waals surface area contributed by atoms with Gasteiger partial charge in [0.2, 0.25) is 5.91 Å². The number of nitrogens with zero attached hydrogens (tertiary/aromatic N) is 1. The van der Waals surface area contributed by atoms with E-state index in [2.05, 4.69) is 10.2 Å². The second-order valence-corrected chi connectivity index (χ2v) is 4.44. The maximum absolute atomic E-state index is 12.0. The molecule has 0 aliphatic carbocycles. The van der Waals surface area contributed by atoms with Crippen LogP contribution in [0.25, 0.3) is 0 Å². The Morgan fingerprint density at radius 2 is 2.24 bits per heavy atom. The van der Waals surface area contributed by atoms with Crippen molar-refractivity contribution in [3.8, 4) is 5.75 Å². The molecule has 1 aliphatic heterocycles. The summed E-state index contributed by atoms with van der Waals surface area (Å²) in [5, 5.41) is 2.93. The van der Waals surface area contributed by atoms with E-state index in [-0.39, 0.29) is 11.8 Å². The van der Waals surface area contributed by atoms with Gasteiger partial charge in [-0.15, -0.1) is 0 Å². The molecule has 1 aliphatic rings. The number of para-hydroxylation sites is 2. The van der Waals surface area contributed by atoms with Crippen LogP contribution in [0.3, 0.4) is 0 Å². The zero-order chi connectivity index (χ0) is 12.3. The molecule has 0 spiro atoms. The largest absolute Gasteiger partial charge is 0.495 e. The van der Waals surface area contributed by atoms with Crippen LogP contribution in [0.4, 0.5) is 5.69 Å². The summed E-state index contributed by atoms with van der Waals surface area (Å²) in [6.07, 6.45) is 0.928. The Hall–Kier alpha value is -1.55. The van der Waals surface area contributed by atoms with Crippen molar-refractivity contribution in [2.24, 2.45) is 5.92 Å². The lowest BCUT2D eigenvalue weighted by molar-refractivity contribution is -0.119. The number of methoxy groups -OCH3 is 1. The summed E-state index contributed by atoms with van der Waals surface area (Å²) in [5.41, 5.74) is 0.745. The monoisotopic (exact) mass is 234 g/mol. The molecule has 1 N–H and O–H groups in total.